The van der Waals surface area contributed by atoms with Gasteiger partial charge in [-0.1, -0.05) is 18.1 Å². The molecule has 1 aliphatic rings. The Bertz CT molecular complexity index is 733. The number of allylic oxidation sites excluding steroid dienone is 1. The number of pyridine rings is 2. The zero-order valence-corrected chi connectivity index (χ0v) is 12.8. The lowest BCUT2D eigenvalue weighted by molar-refractivity contribution is 0.177. The molecular weight excluding hydrogens is 290 g/mol. The fraction of sp³-hybridized carbons (Fsp3) is 0.167. The Balaban J connectivity index is 0.000000595. The van der Waals surface area contributed by atoms with Crippen LogP contribution in [0.4, 0.5) is 4.79 Å². The number of aromatic nitrogens is 2. The van der Waals surface area contributed by atoms with E-state index in [1.807, 2.05) is 31.2 Å². The Morgan fingerprint density at radius 2 is 2.22 bits per heavy atom. The molecule has 1 aliphatic heterocycles. The van der Waals surface area contributed by atoms with Gasteiger partial charge in [-0.05, 0) is 36.6 Å². The average Bonchev–Trinajstić information content (AvgIpc) is 3.02. The largest absolute Gasteiger partial charge is 0.447 e. The van der Waals surface area contributed by atoms with Crippen molar-refractivity contribution in [1.29, 1.82) is 0 Å². The molecule has 1 N–H and O–H groups in total. The minimum atomic E-state index is -0.403. The molecule has 0 aromatic carbocycles. The van der Waals surface area contributed by atoms with Crippen molar-refractivity contribution >= 4 is 6.09 Å². The number of carbonyl (C=O) groups excluding carboxylic acids is 1. The highest BCUT2D eigenvalue weighted by atomic mass is 16.6. The second-order valence-electron chi connectivity index (χ2n) is 4.68. The molecule has 116 valence electrons. The number of nitrogens with one attached hydrogen (secondary N) is 1. The van der Waals surface area contributed by atoms with Crippen molar-refractivity contribution in [2.45, 2.75) is 13.0 Å². The first-order valence-corrected chi connectivity index (χ1v) is 7.11. The van der Waals surface area contributed by atoms with Gasteiger partial charge in [0.25, 0.3) is 0 Å². The highest BCUT2D eigenvalue weighted by Crippen LogP contribution is 2.17. The van der Waals surface area contributed by atoms with Crippen LogP contribution >= 0.6 is 0 Å². The van der Waals surface area contributed by atoms with Gasteiger partial charge in [0, 0.05) is 24.2 Å². The van der Waals surface area contributed by atoms with E-state index in [2.05, 4.69) is 33.7 Å². The van der Waals surface area contributed by atoms with E-state index < -0.39 is 6.09 Å². The van der Waals surface area contributed by atoms with Gasteiger partial charge in [0.2, 0.25) is 0 Å². The summed E-state index contributed by atoms with van der Waals surface area (Å²) in [5, 5.41) is 2.71. The van der Waals surface area contributed by atoms with E-state index >= 15 is 0 Å². The maximum atomic E-state index is 11.0. The molecule has 0 aliphatic carbocycles. The number of hydrogen-bond donors (Lipinski definition) is 1. The fourth-order valence-electron chi connectivity index (χ4n) is 1.85. The molecule has 1 fully saturated rings. The topological polar surface area (TPSA) is 64.1 Å². The molecule has 2 aromatic rings. The third kappa shape index (κ3) is 4.97. The van der Waals surface area contributed by atoms with Crippen LogP contribution in [0.3, 0.4) is 0 Å². The summed E-state index contributed by atoms with van der Waals surface area (Å²) >= 11 is 0. The van der Waals surface area contributed by atoms with Gasteiger partial charge in [0.15, 0.2) is 0 Å². The number of ether oxygens (including phenoxy) is 1. The van der Waals surface area contributed by atoms with Gasteiger partial charge in [-0.3, -0.25) is 4.98 Å². The van der Waals surface area contributed by atoms with Gasteiger partial charge in [-0.2, -0.15) is 0 Å². The summed E-state index contributed by atoms with van der Waals surface area (Å²) in [5.41, 5.74) is 2.35. The number of rotatable bonds is 1. The highest BCUT2D eigenvalue weighted by Gasteiger charge is 2.23. The SMILES string of the molecule is C=CC.O=C1N[C@H](c2cncc(C#Cc3ccccn3)c2)CO1. The molecule has 0 saturated carbocycles. The highest BCUT2D eigenvalue weighted by molar-refractivity contribution is 5.70. The van der Waals surface area contributed by atoms with Gasteiger partial charge in [0.1, 0.15) is 12.3 Å². The molecule has 3 heterocycles. The van der Waals surface area contributed by atoms with Crippen LogP contribution in [0.5, 0.6) is 0 Å². The molecule has 23 heavy (non-hydrogen) atoms. The molecule has 0 bridgehead atoms. The molecule has 3 rings (SSSR count). The quantitative estimate of drug-likeness (QED) is 0.650. The van der Waals surface area contributed by atoms with Crippen molar-refractivity contribution in [1.82, 2.24) is 15.3 Å². The minimum absolute atomic E-state index is 0.161. The van der Waals surface area contributed by atoms with E-state index in [-0.39, 0.29) is 6.04 Å². The first-order chi connectivity index (χ1) is 11.2. The number of hydrogen-bond acceptors (Lipinski definition) is 4. The number of alkyl carbamates (subject to hydrolysis) is 1. The number of amides is 1. The van der Waals surface area contributed by atoms with Crippen LogP contribution in [0.1, 0.15) is 29.8 Å². The smallest absolute Gasteiger partial charge is 0.407 e. The van der Waals surface area contributed by atoms with Gasteiger partial charge in [0.05, 0.1) is 6.04 Å². The zero-order valence-electron chi connectivity index (χ0n) is 12.8. The summed E-state index contributed by atoms with van der Waals surface area (Å²) in [4.78, 5) is 19.3. The predicted octanol–water partition coefficient (Wildman–Crippen LogP) is 2.85. The summed E-state index contributed by atoms with van der Waals surface area (Å²) in [5.74, 6) is 5.98. The van der Waals surface area contributed by atoms with E-state index in [0.29, 0.717) is 12.3 Å². The van der Waals surface area contributed by atoms with Gasteiger partial charge in [-0.25, -0.2) is 9.78 Å². The summed E-state index contributed by atoms with van der Waals surface area (Å²) in [7, 11) is 0. The lowest BCUT2D eigenvalue weighted by atomic mass is 10.1. The Morgan fingerprint density at radius 1 is 1.39 bits per heavy atom. The van der Waals surface area contributed by atoms with Gasteiger partial charge >= 0.3 is 6.09 Å². The summed E-state index contributed by atoms with van der Waals surface area (Å²) in [6.45, 7) is 5.57. The molecule has 2 aromatic heterocycles. The van der Waals surface area contributed by atoms with Crippen molar-refractivity contribution in [3.8, 4) is 11.8 Å². The first kappa shape index (κ1) is 16.2. The van der Waals surface area contributed by atoms with Gasteiger partial charge in [-0.15, -0.1) is 6.58 Å². The zero-order chi connectivity index (χ0) is 16.5. The molecular formula is C18H17N3O2. The van der Waals surface area contributed by atoms with Crippen LogP contribution in [0.2, 0.25) is 0 Å². The molecule has 0 radical (unpaired) electrons. The monoisotopic (exact) mass is 307 g/mol. The third-order valence-corrected chi connectivity index (χ3v) is 2.83. The van der Waals surface area contributed by atoms with E-state index in [1.54, 1.807) is 24.7 Å². The number of cyclic esters (lactones) is 1. The Kier molecular flexibility index (Phi) is 5.89. The number of nitrogens with zero attached hydrogens (tertiary/aromatic N) is 2. The van der Waals surface area contributed by atoms with E-state index in [0.717, 1.165) is 11.1 Å². The molecule has 0 spiro atoms. The molecule has 5 heteroatoms. The fourth-order valence-corrected chi connectivity index (χ4v) is 1.85. The Hall–Kier alpha value is -3.13. The van der Waals surface area contributed by atoms with Crippen LogP contribution in [0.15, 0.2) is 55.5 Å². The normalized spacial score (nSPS) is 15.2. The van der Waals surface area contributed by atoms with E-state index in [4.69, 9.17) is 4.74 Å². The van der Waals surface area contributed by atoms with E-state index in [9.17, 15) is 4.79 Å². The molecule has 1 saturated heterocycles. The van der Waals surface area contributed by atoms with Crippen molar-refractivity contribution in [3.63, 3.8) is 0 Å². The first-order valence-electron chi connectivity index (χ1n) is 7.11. The minimum Gasteiger partial charge on any atom is -0.447 e. The second-order valence-corrected chi connectivity index (χ2v) is 4.68. The third-order valence-electron chi connectivity index (χ3n) is 2.83. The maximum Gasteiger partial charge on any atom is 0.407 e. The number of carbonyl (C=O) groups is 1. The van der Waals surface area contributed by atoms with Crippen molar-refractivity contribution in [2.75, 3.05) is 6.61 Å². The molecule has 1 amide bonds. The van der Waals surface area contributed by atoms with E-state index in [1.165, 1.54) is 0 Å². The Labute approximate surface area is 135 Å². The maximum absolute atomic E-state index is 11.0. The standard InChI is InChI=1S/C15H11N3O2.C3H6/c19-15-18-14(10-20-15)12-7-11(8-16-9-12)4-5-13-3-1-2-6-17-13;1-3-2/h1-3,6-9,14H,10H2,(H,18,19);3H,1H2,2H3/t14-;/m0./s1. The Morgan fingerprint density at radius 3 is 2.87 bits per heavy atom. The average molecular weight is 307 g/mol. The van der Waals surface area contributed by atoms with Crippen molar-refractivity contribution < 1.29 is 9.53 Å². The van der Waals surface area contributed by atoms with Gasteiger partial charge < -0.3 is 10.1 Å². The summed E-state index contributed by atoms with van der Waals surface area (Å²) in [6.07, 6.45) is 6.42. The lowest BCUT2D eigenvalue weighted by Gasteiger charge is -2.06. The van der Waals surface area contributed by atoms with Crippen LogP contribution < -0.4 is 5.32 Å². The second kappa shape index (κ2) is 8.35. The predicted molar refractivity (Wildman–Crippen MR) is 87.5 cm³/mol. The van der Waals surface area contributed by atoms with Crippen molar-refractivity contribution in [3.05, 3.63) is 72.3 Å². The van der Waals surface area contributed by atoms with Crippen molar-refractivity contribution in [2.24, 2.45) is 0 Å². The lowest BCUT2D eigenvalue weighted by Crippen LogP contribution is -2.18. The molecule has 1 atom stereocenters. The van der Waals surface area contributed by atoms with Crippen LogP contribution in [0.25, 0.3) is 0 Å². The molecule has 0 unspecified atom stereocenters. The van der Waals surface area contributed by atoms with Crippen LogP contribution in [-0.2, 0) is 4.74 Å². The summed E-state index contributed by atoms with van der Waals surface area (Å²) in [6, 6.07) is 7.30. The molecule has 5 nitrogen and oxygen atoms in total. The summed E-state index contributed by atoms with van der Waals surface area (Å²) < 4.78 is 4.87. The van der Waals surface area contributed by atoms with Crippen LogP contribution in [-0.4, -0.2) is 22.7 Å². The van der Waals surface area contributed by atoms with Crippen LogP contribution in [0, 0.1) is 11.8 Å².